The van der Waals surface area contributed by atoms with E-state index < -0.39 is 0 Å². The van der Waals surface area contributed by atoms with E-state index >= 15 is 0 Å². The number of nitrogens with one attached hydrogen (secondary N) is 1. The first kappa shape index (κ1) is 14.2. The van der Waals surface area contributed by atoms with Crippen LogP contribution in [-0.4, -0.2) is 28.6 Å². The van der Waals surface area contributed by atoms with Crippen LogP contribution in [0.3, 0.4) is 0 Å². The van der Waals surface area contributed by atoms with E-state index in [2.05, 4.69) is 10.3 Å². The molecular formula is C13H16N2O2S2. The van der Waals surface area contributed by atoms with Crippen LogP contribution in [0.1, 0.15) is 28.7 Å². The fourth-order valence-corrected chi connectivity index (χ4v) is 3.43. The van der Waals surface area contributed by atoms with Crippen LogP contribution in [0.5, 0.6) is 0 Å². The summed E-state index contributed by atoms with van der Waals surface area (Å²) in [5, 5.41) is 14.6. The summed E-state index contributed by atoms with van der Waals surface area (Å²) >= 11 is 3.03. The van der Waals surface area contributed by atoms with Crippen LogP contribution in [0.15, 0.2) is 17.5 Å². The van der Waals surface area contributed by atoms with Crippen molar-refractivity contribution in [3.63, 3.8) is 0 Å². The van der Waals surface area contributed by atoms with E-state index in [4.69, 9.17) is 5.11 Å². The number of amides is 1. The van der Waals surface area contributed by atoms with Gasteiger partial charge in [-0.3, -0.25) is 4.79 Å². The maximum Gasteiger partial charge on any atom is 0.263 e. The summed E-state index contributed by atoms with van der Waals surface area (Å²) < 4.78 is 0. The van der Waals surface area contributed by atoms with Gasteiger partial charge in [0.15, 0.2) is 0 Å². The molecule has 1 atom stereocenters. The van der Waals surface area contributed by atoms with Crippen molar-refractivity contribution in [3.8, 4) is 9.88 Å². The fourth-order valence-electron chi connectivity index (χ4n) is 1.67. The van der Waals surface area contributed by atoms with Crippen LogP contribution in [-0.2, 0) is 0 Å². The number of rotatable bonds is 5. The molecular weight excluding hydrogens is 280 g/mol. The number of aliphatic hydroxyl groups excluding tert-OH is 1. The van der Waals surface area contributed by atoms with Gasteiger partial charge in [0.25, 0.3) is 5.91 Å². The number of aromatic nitrogens is 1. The van der Waals surface area contributed by atoms with Gasteiger partial charge < -0.3 is 10.4 Å². The van der Waals surface area contributed by atoms with Crippen LogP contribution in [0, 0.1) is 6.92 Å². The number of hydrogen-bond acceptors (Lipinski definition) is 5. The summed E-state index contributed by atoms with van der Waals surface area (Å²) in [5.41, 5.74) is 0.752. The monoisotopic (exact) mass is 296 g/mol. The summed E-state index contributed by atoms with van der Waals surface area (Å²) in [6, 6.07) is 3.93. The quantitative estimate of drug-likeness (QED) is 0.891. The Balaban J connectivity index is 2.14. The van der Waals surface area contributed by atoms with Gasteiger partial charge >= 0.3 is 0 Å². The average Bonchev–Trinajstić information content (AvgIpc) is 2.97. The molecule has 2 aromatic heterocycles. The minimum absolute atomic E-state index is 0.0378. The number of hydrogen-bond donors (Lipinski definition) is 2. The van der Waals surface area contributed by atoms with Crippen LogP contribution in [0.25, 0.3) is 9.88 Å². The van der Waals surface area contributed by atoms with Crippen molar-refractivity contribution in [2.75, 3.05) is 6.61 Å². The lowest BCUT2D eigenvalue weighted by atomic mass is 10.2. The highest BCUT2D eigenvalue weighted by Crippen LogP contribution is 2.30. The van der Waals surface area contributed by atoms with Crippen molar-refractivity contribution < 1.29 is 9.90 Å². The lowest BCUT2D eigenvalue weighted by Gasteiger charge is -2.11. The van der Waals surface area contributed by atoms with E-state index in [1.165, 1.54) is 11.3 Å². The molecule has 0 fully saturated rings. The standard InChI is InChI=1S/C13H16N2O2S2/c1-8(5-6-16)14-12(17)11-9(2)15-13(19-11)10-4-3-7-18-10/h3-4,7-8,16H,5-6H2,1-2H3,(H,14,17). The van der Waals surface area contributed by atoms with Gasteiger partial charge in [-0.1, -0.05) is 6.07 Å². The normalized spacial score (nSPS) is 12.4. The molecule has 2 N–H and O–H groups in total. The maximum atomic E-state index is 12.1. The Labute approximate surface area is 120 Å². The third-order valence-electron chi connectivity index (χ3n) is 2.67. The largest absolute Gasteiger partial charge is 0.396 e. The molecule has 19 heavy (non-hydrogen) atoms. The smallest absolute Gasteiger partial charge is 0.263 e. The minimum atomic E-state index is -0.112. The number of thiophene rings is 1. The number of thiazole rings is 1. The molecule has 1 amide bonds. The first-order valence-corrected chi connectivity index (χ1v) is 7.74. The van der Waals surface area contributed by atoms with Gasteiger partial charge in [0.05, 0.1) is 10.6 Å². The van der Waals surface area contributed by atoms with Crippen molar-refractivity contribution in [3.05, 3.63) is 28.1 Å². The van der Waals surface area contributed by atoms with Crippen LogP contribution in [0.2, 0.25) is 0 Å². The van der Waals surface area contributed by atoms with E-state index in [9.17, 15) is 4.79 Å². The second-order valence-corrected chi connectivity index (χ2v) is 6.24. The molecule has 0 aromatic carbocycles. The van der Waals surface area contributed by atoms with E-state index in [1.54, 1.807) is 11.3 Å². The highest BCUT2D eigenvalue weighted by atomic mass is 32.1. The summed E-state index contributed by atoms with van der Waals surface area (Å²) in [7, 11) is 0. The fraction of sp³-hybridized carbons (Fsp3) is 0.385. The molecule has 1 unspecified atom stereocenters. The van der Waals surface area contributed by atoms with Crippen LogP contribution in [0.4, 0.5) is 0 Å². The molecule has 0 bridgehead atoms. The highest BCUT2D eigenvalue weighted by molar-refractivity contribution is 7.22. The Morgan fingerprint density at radius 1 is 1.58 bits per heavy atom. The number of aliphatic hydroxyl groups is 1. The third-order valence-corrected chi connectivity index (χ3v) is 4.87. The van der Waals surface area contributed by atoms with Gasteiger partial charge in [0, 0.05) is 12.6 Å². The molecule has 6 heteroatoms. The van der Waals surface area contributed by atoms with Gasteiger partial charge in [-0.2, -0.15) is 0 Å². The predicted molar refractivity (Wildman–Crippen MR) is 78.8 cm³/mol. The van der Waals surface area contributed by atoms with E-state index in [-0.39, 0.29) is 18.6 Å². The molecule has 0 saturated carbocycles. The van der Waals surface area contributed by atoms with E-state index in [1.807, 2.05) is 31.4 Å². The topological polar surface area (TPSA) is 62.2 Å². The zero-order valence-corrected chi connectivity index (χ0v) is 12.5. The Morgan fingerprint density at radius 3 is 3.00 bits per heavy atom. The molecule has 0 aliphatic carbocycles. The van der Waals surface area contributed by atoms with Crippen molar-refractivity contribution in [1.82, 2.24) is 10.3 Å². The van der Waals surface area contributed by atoms with E-state index in [0.29, 0.717) is 11.3 Å². The zero-order chi connectivity index (χ0) is 13.8. The minimum Gasteiger partial charge on any atom is -0.396 e. The van der Waals surface area contributed by atoms with Crippen LogP contribution >= 0.6 is 22.7 Å². The molecule has 0 spiro atoms. The summed E-state index contributed by atoms with van der Waals surface area (Å²) in [4.78, 5) is 18.3. The Morgan fingerprint density at radius 2 is 2.37 bits per heavy atom. The SMILES string of the molecule is Cc1nc(-c2cccs2)sc1C(=O)NC(C)CCO. The lowest BCUT2D eigenvalue weighted by Crippen LogP contribution is -2.33. The second kappa shape index (κ2) is 6.27. The Kier molecular flexibility index (Phi) is 4.68. The number of carbonyl (C=O) groups is 1. The first-order valence-electron chi connectivity index (χ1n) is 6.05. The highest BCUT2D eigenvalue weighted by Gasteiger charge is 2.17. The summed E-state index contributed by atoms with van der Waals surface area (Å²) in [6.07, 6.45) is 0.557. The van der Waals surface area contributed by atoms with Gasteiger partial charge in [-0.25, -0.2) is 4.98 Å². The molecule has 0 saturated heterocycles. The molecule has 2 rings (SSSR count). The predicted octanol–water partition coefficient (Wildman–Crippen LogP) is 2.68. The van der Waals surface area contributed by atoms with Gasteiger partial charge in [-0.05, 0) is 31.7 Å². The first-order chi connectivity index (χ1) is 9.11. The molecule has 0 aliphatic rings. The van der Waals surface area contributed by atoms with Crippen molar-refractivity contribution in [1.29, 1.82) is 0 Å². The zero-order valence-electron chi connectivity index (χ0n) is 10.8. The van der Waals surface area contributed by atoms with Crippen molar-refractivity contribution in [2.24, 2.45) is 0 Å². The molecule has 102 valence electrons. The number of aryl methyl sites for hydroxylation is 1. The van der Waals surface area contributed by atoms with Gasteiger partial charge in [0.1, 0.15) is 9.88 Å². The number of nitrogens with zero attached hydrogens (tertiary/aromatic N) is 1. The summed E-state index contributed by atoms with van der Waals surface area (Å²) in [6.45, 7) is 3.80. The second-order valence-electron chi connectivity index (χ2n) is 4.30. The molecule has 4 nitrogen and oxygen atoms in total. The van der Waals surface area contributed by atoms with Crippen LogP contribution < -0.4 is 5.32 Å². The molecule has 2 heterocycles. The molecule has 0 aliphatic heterocycles. The maximum absolute atomic E-state index is 12.1. The Bertz CT molecular complexity index is 549. The number of carbonyl (C=O) groups excluding carboxylic acids is 1. The lowest BCUT2D eigenvalue weighted by molar-refractivity contribution is 0.0937. The van der Waals surface area contributed by atoms with E-state index in [0.717, 1.165) is 15.6 Å². The third kappa shape index (κ3) is 3.40. The Hall–Kier alpha value is -1.24. The van der Waals surface area contributed by atoms with Crippen molar-refractivity contribution >= 4 is 28.6 Å². The molecule has 2 aromatic rings. The summed E-state index contributed by atoms with van der Waals surface area (Å²) in [5.74, 6) is -0.112. The van der Waals surface area contributed by atoms with Crippen molar-refractivity contribution in [2.45, 2.75) is 26.3 Å². The van der Waals surface area contributed by atoms with Gasteiger partial charge in [0.2, 0.25) is 0 Å². The molecule has 0 radical (unpaired) electrons. The van der Waals surface area contributed by atoms with Gasteiger partial charge in [-0.15, -0.1) is 22.7 Å². The average molecular weight is 296 g/mol.